The average Bonchev–Trinajstić information content (AvgIpc) is 3.96. The Hall–Kier alpha value is -4.47. The molecule has 1 aromatic heterocycles. The van der Waals surface area contributed by atoms with Crippen molar-refractivity contribution in [3.05, 3.63) is 47.3 Å². The van der Waals surface area contributed by atoms with Gasteiger partial charge in [0.1, 0.15) is 29.8 Å². The highest BCUT2D eigenvalue weighted by atomic mass is 32.2. The number of hydrogen-bond acceptors (Lipinski definition) is 10. The zero-order valence-electron chi connectivity index (χ0n) is 31.7. The molecule has 3 N–H and O–H groups in total. The lowest BCUT2D eigenvalue weighted by Crippen LogP contribution is -2.59. The summed E-state index contributed by atoms with van der Waals surface area (Å²) in [4.78, 5) is 76.5. The van der Waals surface area contributed by atoms with Crippen LogP contribution in [0.2, 0.25) is 0 Å². The second-order valence-electron chi connectivity index (χ2n) is 16.7. The fourth-order valence-corrected chi connectivity index (χ4v) is 10.8. The highest BCUT2D eigenvalue weighted by Gasteiger charge is 2.62. The summed E-state index contributed by atoms with van der Waals surface area (Å²) in [5, 5.41) is 5.55. The number of nitrogens with zero attached hydrogens (tertiary/aromatic N) is 3. The lowest BCUT2D eigenvalue weighted by molar-refractivity contribution is -0.142. The second kappa shape index (κ2) is 15.5. The quantitative estimate of drug-likeness (QED) is 0.350. The minimum Gasteiger partial charge on any atom is -0.459 e. The van der Waals surface area contributed by atoms with E-state index in [1.54, 1.807) is 24.3 Å². The monoisotopic (exact) mass is 792 g/mol. The van der Waals surface area contributed by atoms with Gasteiger partial charge in [0.25, 0.3) is 17.5 Å². The van der Waals surface area contributed by atoms with Crippen LogP contribution in [0.25, 0.3) is 10.9 Å². The highest BCUT2D eigenvalue weighted by molar-refractivity contribution is 7.91. The van der Waals surface area contributed by atoms with Crippen LogP contribution >= 0.6 is 0 Å². The summed E-state index contributed by atoms with van der Waals surface area (Å²) in [6.07, 6.45) is 9.98. The highest BCUT2D eigenvalue weighted by Crippen LogP contribution is 2.45. The summed E-state index contributed by atoms with van der Waals surface area (Å²) in [5.74, 6) is -2.49. The van der Waals surface area contributed by atoms with E-state index < -0.39 is 68.7 Å². The first kappa shape index (κ1) is 38.4. The van der Waals surface area contributed by atoms with Gasteiger partial charge < -0.3 is 25.0 Å². The molecule has 15 nitrogen and oxygen atoms in total. The molecule has 4 aliphatic carbocycles. The smallest absolute Gasteiger partial charge is 0.408 e. The van der Waals surface area contributed by atoms with Crippen molar-refractivity contribution >= 4 is 44.7 Å². The van der Waals surface area contributed by atoms with Crippen molar-refractivity contribution in [2.24, 2.45) is 17.8 Å². The van der Waals surface area contributed by atoms with Crippen LogP contribution in [0.15, 0.2) is 41.7 Å². The molecule has 5 fully saturated rings. The van der Waals surface area contributed by atoms with Crippen LogP contribution in [0.1, 0.15) is 96.3 Å². The molecular formula is C40H52N6O9S. The van der Waals surface area contributed by atoms with Gasteiger partial charge in [0, 0.05) is 18.9 Å². The van der Waals surface area contributed by atoms with Gasteiger partial charge in [-0.05, 0) is 88.2 Å². The third-order valence-electron chi connectivity index (χ3n) is 12.9. The van der Waals surface area contributed by atoms with E-state index in [-0.39, 0.29) is 48.9 Å². The van der Waals surface area contributed by atoms with Crippen molar-refractivity contribution in [3.8, 4) is 6.01 Å². The molecule has 4 amide bonds. The molecule has 3 heterocycles. The molecule has 0 radical (unpaired) electrons. The number of rotatable bonds is 7. The Morgan fingerprint density at radius 1 is 0.929 bits per heavy atom. The number of amides is 4. The lowest BCUT2D eigenvalue weighted by atomic mass is 9.96. The molecule has 2 bridgehead atoms. The number of alkyl carbamates (subject to hydrolysis) is 1. The summed E-state index contributed by atoms with van der Waals surface area (Å²) in [5.41, 5.74) is -1.35. The van der Waals surface area contributed by atoms with E-state index in [2.05, 4.69) is 21.9 Å². The number of carbonyl (C=O) groups excluding carboxylic acids is 4. The van der Waals surface area contributed by atoms with E-state index >= 15 is 0 Å². The molecule has 1 saturated heterocycles. The second-order valence-corrected chi connectivity index (χ2v) is 18.6. The number of carbonyl (C=O) groups is 4. The average molecular weight is 793 g/mol. The van der Waals surface area contributed by atoms with E-state index in [0.717, 1.165) is 51.4 Å². The van der Waals surface area contributed by atoms with Crippen LogP contribution in [-0.2, 0) is 35.7 Å². The van der Waals surface area contributed by atoms with Gasteiger partial charge in [0.15, 0.2) is 0 Å². The Balaban J connectivity index is 1.13. The first-order chi connectivity index (χ1) is 27.0. The van der Waals surface area contributed by atoms with Gasteiger partial charge in [-0.3, -0.25) is 28.5 Å². The van der Waals surface area contributed by atoms with E-state index in [1.165, 1.54) is 15.5 Å². The maximum atomic E-state index is 14.8. The predicted octanol–water partition coefficient (Wildman–Crippen LogP) is 3.44. The summed E-state index contributed by atoms with van der Waals surface area (Å²) >= 11 is 0. The van der Waals surface area contributed by atoms with Crippen molar-refractivity contribution < 1.29 is 37.1 Å². The summed E-state index contributed by atoms with van der Waals surface area (Å²) in [7, 11) is -3.91. The van der Waals surface area contributed by atoms with E-state index in [1.807, 2.05) is 0 Å². The summed E-state index contributed by atoms with van der Waals surface area (Å²) in [6.45, 7) is 4.09. The van der Waals surface area contributed by atoms with Crippen LogP contribution < -0.4 is 25.7 Å². The van der Waals surface area contributed by atoms with Crippen molar-refractivity contribution in [3.63, 3.8) is 0 Å². The van der Waals surface area contributed by atoms with Gasteiger partial charge in [-0.25, -0.2) is 13.2 Å². The van der Waals surface area contributed by atoms with Crippen molar-refractivity contribution in [2.45, 2.75) is 138 Å². The molecular weight excluding hydrogens is 741 g/mol. The first-order valence-corrected chi connectivity index (χ1v) is 22.0. The molecule has 6 aliphatic rings. The summed E-state index contributed by atoms with van der Waals surface area (Å²) in [6, 6.07) is 5.00. The standard InChI is InChI=1S/C40H52N6O9S/c1-2-26-22-40(26,37(50)44-56(52,53)28-18-19-28)43-34(47)31-21-27-23-46(31)36(49)33(25-12-5-6-13-25)42-39(51)55-32-17-10-14-24(32)11-4-3-9-20-45-35(48)29-15-7-8-16-30(29)41-38(45)54-27/h2,7-8,15-16,24-28,31-33H,1,3-6,9-14,17-23H2,(H,42,51)(H,43,47)(H,44,50)/t24-,26+,27+,31-,32+,33-,40+/m0/s1. The van der Waals surface area contributed by atoms with Gasteiger partial charge in [0.2, 0.25) is 21.8 Å². The van der Waals surface area contributed by atoms with E-state index in [4.69, 9.17) is 14.5 Å². The van der Waals surface area contributed by atoms with Crippen LogP contribution in [0, 0.1) is 17.8 Å². The molecule has 4 saturated carbocycles. The molecule has 0 unspecified atom stereocenters. The summed E-state index contributed by atoms with van der Waals surface area (Å²) < 4.78 is 41.8. The lowest BCUT2D eigenvalue weighted by Gasteiger charge is -2.32. The van der Waals surface area contributed by atoms with Gasteiger partial charge in [-0.15, -0.1) is 6.58 Å². The van der Waals surface area contributed by atoms with Crippen LogP contribution in [0.4, 0.5) is 4.79 Å². The number of benzene rings is 1. The number of nitrogens with one attached hydrogen (secondary N) is 3. The third kappa shape index (κ3) is 7.64. The number of para-hydroxylation sites is 1. The van der Waals surface area contributed by atoms with Crippen LogP contribution in [0.3, 0.4) is 0 Å². The Bertz CT molecular complexity index is 2060. The Morgan fingerprint density at radius 3 is 2.41 bits per heavy atom. The maximum Gasteiger partial charge on any atom is 0.408 e. The zero-order chi connectivity index (χ0) is 39.2. The molecule has 8 rings (SSSR count). The molecule has 2 aliphatic heterocycles. The van der Waals surface area contributed by atoms with E-state index in [0.29, 0.717) is 49.6 Å². The van der Waals surface area contributed by atoms with Crippen LogP contribution in [-0.4, -0.2) is 88.3 Å². The van der Waals surface area contributed by atoms with Gasteiger partial charge >= 0.3 is 6.09 Å². The fourth-order valence-electron chi connectivity index (χ4n) is 9.47. The minimum absolute atomic E-state index is 0.0112. The van der Waals surface area contributed by atoms with Crippen molar-refractivity contribution in [2.75, 3.05) is 6.54 Å². The van der Waals surface area contributed by atoms with Crippen molar-refractivity contribution in [1.29, 1.82) is 0 Å². The molecule has 1 aromatic carbocycles. The Morgan fingerprint density at radius 2 is 1.66 bits per heavy atom. The zero-order valence-corrected chi connectivity index (χ0v) is 32.5. The SMILES string of the molecule is C=C[C@@H]1C[C@]1(NC(=O)[C@@H]1C[C@@H]2CN1C(=O)[C@H](C1CCCC1)NC(=O)O[C@@H]1CCC[C@@H]1CCCCCn1c(nc3ccccc3c1=O)O2)C(=O)NS(=O)(=O)C1CC1. The van der Waals surface area contributed by atoms with Crippen LogP contribution in [0.5, 0.6) is 6.01 Å². The first-order valence-electron chi connectivity index (χ1n) is 20.4. The van der Waals surface area contributed by atoms with Crippen molar-refractivity contribution in [1.82, 2.24) is 29.8 Å². The number of hydrogen-bond donors (Lipinski definition) is 3. The Labute approximate surface area is 326 Å². The number of fused-ring (bicyclic) bond motifs is 5. The minimum atomic E-state index is -3.91. The van der Waals surface area contributed by atoms with Gasteiger partial charge in [-0.2, -0.15) is 4.98 Å². The fraction of sp³-hybridized carbons (Fsp3) is 0.650. The molecule has 7 atom stereocenters. The number of aromatic nitrogens is 2. The van der Waals surface area contributed by atoms with Gasteiger partial charge in [0.05, 0.1) is 22.7 Å². The Kier molecular flexibility index (Phi) is 10.6. The molecule has 302 valence electrons. The molecule has 0 spiro atoms. The van der Waals surface area contributed by atoms with Gasteiger partial charge in [-0.1, -0.05) is 43.9 Å². The maximum absolute atomic E-state index is 14.8. The third-order valence-corrected chi connectivity index (χ3v) is 14.7. The number of ether oxygens (including phenoxy) is 2. The topological polar surface area (TPSA) is 195 Å². The largest absolute Gasteiger partial charge is 0.459 e. The van der Waals surface area contributed by atoms with E-state index in [9.17, 15) is 32.4 Å². The number of sulfonamides is 1. The molecule has 2 aromatic rings. The molecule has 16 heteroatoms. The predicted molar refractivity (Wildman–Crippen MR) is 205 cm³/mol. The normalized spacial score (nSPS) is 31.5. The molecule has 56 heavy (non-hydrogen) atoms.